The van der Waals surface area contributed by atoms with E-state index < -0.39 is 37.3 Å². The number of nitrogens with one attached hydrogen (secondary N) is 3. The molecule has 1 aromatic rings. The highest BCUT2D eigenvalue weighted by Gasteiger charge is 2.33. The molecule has 0 saturated carbocycles. The maximum Gasteiger partial charge on any atom is 0.407 e. The second kappa shape index (κ2) is 14.0. The van der Waals surface area contributed by atoms with E-state index in [1.54, 1.807) is 6.92 Å². The van der Waals surface area contributed by atoms with Gasteiger partial charge in [-0.2, -0.15) is 0 Å². The van der Waals surface area contributed by atoms with Crippen molar-refractivity contribution in [1.29, 1.82) is 0 Å². The lowest BCUT2D eigenvalue weighted by Gasteiger charge is -2.24. The lowest BCUT2D eigenvalue weighted by atomic mass is 10.2. The average molecular weight is 516 g/mol. The molecule has 0 spiro atoms. The first kappa shape index (κ1) is 27.7. The number of amides is 3. The largest absolute Gasteiger partial charge is 0.466 e. The van der Waals surface area contributed by atoms with Crippen molar-refractivity contribution in [3.8, 4) is 0 Å². The summed E-state index contributed by atoms with van der Waals surface area (Å²) in [5, 5.41) is 7.29. The maximum atomic E-state index is 13.0. The Kier molecular flexibility index (Phi) is 11.4. The Bertz CT molecular complexity index is 901. The van der Waals surface area contributed by atoms with Gasteiger partial charge in [0, 0.05) is 18.3 Å². The summed E-state index contributed by atoms with van der Waals surface area (Å²) in [4.78, 5) is 57.7. The minimum Gasteiger partial charge on any atom is -0.466 e. The average Bonchev–Trinajstić information content (AvgIpc) is 3.20. The second-order valence-corrected chi connectivity index (χ2v) is 11.0. The van der Waals surface area contributed by atoms with Gasteiger partial charge in [0.25, 0.3) is 5.24 Å². The summed E-state index contributed by atoms with van der Waals surface area (Å²) in [5.74, 6) is -1.77. The molecule has 11 nitrogen and oxygen atoms in total. The molecule has 3 amide bonds. The van der Waals surface area contributed by atoms with E-state index >= 15 is 0 Å². The first-order chi connectivity index (χ1) is 16.2. The zero-order chi connectivity index (χ0) is 25.0. The van der Waals surface area contributed by atoms with Crippen LogP contribution >= 0.6 is 19.1 Å². The Morgan fingerprint density at radius 2 is 1.97 bits per heavy atom. The van der Waals surface area contributed by atoms with E-state index in [-0.39, 0.29) is 43.9 Å². The van der Waals surface area contributed by atoms with Gasteiger partial charge in [0.2, 0.25) is 13.3 Å². The molecule has 2 rings (SSSR count). The molecule has 0 bridgehead atoms. The summed E-state index contributed by atoms with van der Waals surface area (Å²) < 4.78 is 22.9. The fraction of sp³-hybridized carbons (Fsp3) is 0.524. The zero-order valence-electron chi connectivity index (χ0n) is 18.9. The van der Waals surface area contributed by atoms with Crippen molar-refractivity contribution in [2.75, 3.05) is 25.1 Å². The monoisotopic (exact) mass is 515 g/mol. The molecule has 1 heterocycles. The van der Waals surface area contributed by atoms with Crippen LogP contribution in [0.4, 0.5) is 9.59 Å². The summed E-state index contributed by atoms with van der Waals surface area (Å²) in [7, 11) is -3.92. The van der Waals surface area contributed by atoms with Crippen LogP contribution in [-0.2, 0) is 30.0 Å². The minimum atomic E-state index is -3.92. The fourth-order valence-corrected chi connectivity index (χ4v) is 5.54. The number of ether oxygens (including phenoxy) is 2. The van der Waals surface area contributed by atoms with Crippen LogP contribution in [0.25, 0.3) is 0 Å². The molecule has 0 radical (unpaired) electrons. The Hall–Kier alpha value is -2.56. The van der Waals surface area contributed by atoms with E-state index in [4.69, 9.17) is 9.47 Å². The van der Waals surface area contributed by atoms with E-state index in [9.17, 15) is 28.6 Å². The summed E-state index contributed by atoms with van der Waals surface area (Å²) >= 11 is 1.05. The van der Waals surface area contributed by atoms with Gasteiger partial charge in [-0.15, -0.1) is 0 Å². The van der Waals surface area contributed by atoms with Gasteiger partial charge >= 0.3 is 12.1 Å². The molecular formula is C21H30N3O8PS. The van der Waals surface area contributed by atoms with Crippen molar-refractivity contribution in [2.24, 2.45) is 0 Å². The number of carbonyl (C=O) groups excluding carboxylic acids is 4. The number of hydrogen-bond acceptors (Lipinski definition) is 8. The quantitative estimate of drug-likeness (QED) is 0.228. The molecule has 1 aliphatic rings. The van der Waals surface area contributed by atoms with Crippen molar-refractivity contribution in [3.63, 3.8) is 0 Å². The van der Waals surface area contributed by atoms with E-state index in [0.717, 1.165) is 17.3 Å². The summed E-state index contributed by atoms with van der Waals surface area (Å²) in [6.45, 7) is 1.56. The van der Waals surface area contributed by atoms with Crippen LogP contribution < -0.4 is 16.0 Å². The first-order valence-electron chi connectivity index (χ1n) is 10.9. The number of hydrogen-bond donors (Lipinski definition) is 4. The molecule has 2 unspecified atom stereocenters. The van der Waals surface area contributed by atoms with Crippen molar-refractivity contribution in [2.45, 2.75) is 44.6 Å². The normalized spacial score (nSPS) is 17.7. The number of alkyl carbamates (subject to hydrolysis) is 1. The highest BCUT2D eigenvalue weighted by atomic mass is 32.2. The highest BCUT2D eigenvalue weighted by Crippen LogP contribution is 2.47. The number of carbonyl (C=O) groups is 4. The minimum absolute atomic E-state index is 0.0989. The zero-order valence-corrected chi connectivity index (χ0v) is 20.6. The summed E-state index contributed by atoms with van der Waals surface area (Å²) in [6.07, 6.45) is -1.63. The summed E-state index contributed by atoms with van der Waals surface area (Å²) in [6, 6.07) is 9.14. The molecule has 1 aromatic carbocycles. The van der Waals surface area contributed by atoms with Crippen molar-refractivity contribution >= 4 is 42.3 Å². The smallest absolute Gasteiger partial charge is 0.407 e. The van der Waals surface area contributed by atoms with E-state index in [0.29, 0.717) is 12.2 Å². The topological polar surface area (TPSA) is 160 Å². The third kappa shape index (κ3) is 10.1. The van der Waals surface area contributed by atoms with Gasteiger partial charge in [-0.25, -0.2) is 4.79 Å². The molecule has 4 N–H and O–H groups in total. The summed E-state index contributed by atoms with van der Waals surface area (Å²) in [5.41, 5.74) is 0.867. The van der Waals surface area contributed by atoms with Crippen LogP contribution in [0.2, 0.25) is 0 Å². The van der Waals surface area contributed by atoms with Crippen LogP contribution in [0, 0.1) is 0 Å². The number of thioether (sulfide) groups is 1. The van der Waals surface area contributed by atoms with Gasteiger partial charge < -0.3 is 30.3 Å². The molecule has 0 aromatic heterocycles. The molecule has 13 heteroatoms. The third-order valence-electron chi connectivity index (χ3n) is 4.83. The van der Waals surface area contributed by atoms with Crippen LogP contribution in [0.5, 0.6) is 0 Å². The molecule has 1 aliphatic heterocycles. The van der Waals surface area contributed by atoms with Crippen LogP contribution in [0.1, 0.15) is 31.7 Å². The van der Waals surface area contributed by atoms with Gasteiger partial charge in [-0.1, -0.05) is 42.1 Å². The Balaban J connectivity index is 1.86. The third-order valence-corrected chi connectivity index (χ3v) is 7.94. The number of benzene rings is 1. The van der Waals surface area contributed by atoms with Gasteiger partial charge in [0.1, 0.15) is 18.6 Å². The van der Waals surface area contributed by atoms with Gasteiger partial charge in [-0.3, -0.25) is 18.9 Å². The highest BCUT2D eigenvalue weighted by molar-refractivity contribution is 8.13. The van der Waals surface area contributed by atoms with Gasteiger partial charge in [0.15, 0.2) is 0 Å². The standard InChI is InChI=1S/C21H30N3O8PS/c1-2-31-19(26)9-8-18(33(29,30)13-11-15-6-4-3-5-7-15)24-20(27)32-12-10-17(25)22-16-14-34-21(28)23-16/h3-7,16,18H,2,8-14H2,1H3,(H,22,25)(H,23,28)(H,24,27)(H,29,30)/t16-,18?/m1/s1. The molecule has 1 saturated heterocycles. The second-order valence-electron chi connectivity index (χ2n) is 7.47. The lowest BCUT2D eigenvalue weighted by molar-refractivity contribution is -0.143. The lowest BCUT2D eigenvalue weighted by Crippen LogP contribution is -2.44. The predicted octanol–water partition coefficient (Wildman–Crippen LogP) is 2.18. The maximum absolute atomic E-state index is 13.0. The molecule has 0 aliphatic carbocycles. The van der Waals surface area contributed by atoms with Gasteiger partial charge in [0.05, 0.1) is 13.0 Å². The first-order valence-corrected chi connectivity index (χ1v) is 13.8. The van der Waals surface area contributed by atoms with Crippen molar-refractivity contribution < 1.29 is 38.1 Å². The molecule has 188 valence electrons. The Morgan fingerprint density at radius 1 is 1.24 bits per heavy atom. The van der Waals surface area contributed by atoms with Crippen LogP contribution in [-0.4, -0.2) is 65.2 Å². The van der Waals surface area contributed by atoms with E-state index in [1.807, 2.05) is 30.3 Å². The van der Waals surface area contributed by atoms with Crippen molar-refractivity contribution in [3.05, 3.63) is 35.9 Å². The number of esters is 1. The number of rotatable bonds is 13. The molecule has 34 heavy (non-hydrogen) atoms. The molecular weight excluding hydrogens is 485 g/mol. The van der Waals surface area contributed by atoms with Gasteiger partial charge in [-0.05, 0) is 25.3 Å². The molecule has 1 fully saturated rings. The van der Waals surface area contributed by atoms with Crippen molar-refractivity contribution in [1.82, 2.24) is 16.0 Å². The predicted molar refractivity (Wildman–Crippen MR) is 127 cm³/mol. The Labute approximate surface area is 202 Å². The fourth-order valence-electron chi connectivity index (χ4n) is 3.10. The van der Waals surface area contributed by atoms with Crippen LogP contribution in [0.15, 0.2) is 30.3 Å². The number of aryl methyl sites for hydroxylation is 1. The van der Waals surface area contributed by atoms with E-state index in [2.05, 4.69) is 16.0 Å². The van der Waals surface area contributed by atoms with E-state index in [1.165, 1.54) is 0 Å². The SMILES string of the molecule is CCOC(=O)CCC(NC(=O)OCCC(=O)N[C@H]1CSC(=O)N1)P(=O)(O)CCc1ccccc1. The Morgan fingerprint density at radius 3 is 2.62 bits per heavy atom. The molecule has 3 atom stereocenters. The van der Waals surface area contributed by atoms with Crippen LogP contribution in [0.3, 0.4) is 0 Å².